The molecule has 0 radical (unpaired) electrons. The first-order valence-electron chi connectivity index (χ1n) is 13.0. The highest BCUT2D eigenvalue weighted by molar-refractivity contribution is 7.99. The van der Waals surface area contributed by atoms with E-state index < -0.39 is 0 Å². The van der Waals surface area contributed by atoms with Gasteiger partial charge in [0.05, 0.1) is 5.69 Å². The molecule has 2 atom stereocenters. The standard InChI is InChI=1S/C28H43N7OS/c1-9-34(17-16-33(6)7)22-12-10-21(11-13-22)31-28-30-20(4)23-14-15-25(36)35(27(23)32-28)18-24(29-5)26(37-8)19(2)3/h10-15,19,24,26,29H,9,16-18H2,1-8H3,(H,30,31,32). The minimum absolute atomic E-state index is 0.0536. The van der Waals surface area contributed by atoms with Crippen molar-refractivity contribution in [3.8, 4) is 0 Å². The fraction of sp³-hybridized carbons (Fsp3) is 0.536. The summed E-state index contributed by atoms with van der Waals surface area (Å²) in [7, 11) is 6.15. The molecule has 9 heteroatoms. The Morgan fingerprint density at radius 1 is 1.05 bits per heavy atom. The van der Waals surface area contributed by atoms with E-state index in [0.29, 0.717) is 29.3 Å². The van der Waals surface area contributed by atoms with Crippen LogP contribution < -0.4 is 21.1 Å². The van der Waals surface area contributed by atoms with Crippen molar-refractivity contribution in [2.45, 2.75) is 45.5 Å². The summed E-state index contributed by atoms with van der Waals surface area (Å²) in [5, 5.41) is 8.04. The predicted octanol–water partition coefficient (Wildman–Crippen LogP) is 4.21. The van der Waals surface area contributed by atoms with Crippen molar-refractivity contribution in [1.29, 1.82) is 0 Å². The van der Waals surface area contributed by atoms with Crippen molar-refractivity contribution < 1.29 is 0 Å². The van der Waals surface area contributed by atoms with Crippen LogP contribution in [-0.4, -0.2) is 77.8 Å². The van der Waals surface area contributed by atoms with Gasteiger partial charge in [-0.3, -0.25) is 9.36 Å². The third kappa shape index (κ3) is 7.24. The van der Waals surface area contributed by atoms with Gasteiger partial charge in [-0.25, -0.2) is 4.98 Å². The molecule has 0 spiro atoms. The van der Waals surface area contributed by atoms with Crippen LogP contribution in [0, 0.1) is 12.8 Å². The number of aryl methyl sites for hydroxylation is 1. The fourth-order valence-corrected chi connectivity index (χ4v) is 5.78. The molecule has 2 aromatic heterocycles. The molecule has 0 fully saturated rings. The Morgan fingerprint density at radius 2 is 1.76 bits per heavy atom. The second kappa shape index (κ2) is 13.3. The quantitative estimate of drug-likeness (QED) is 0.344. The van der Waals surface area contributed by atoms with Crippen molar-refractivity contribution in [2.75, 3.05) is 57.2 Å². The summed E-state index contributed by atoms with van der Waals surface area (Å²) < 4.78 is 1.79. The average molecular weight is 526 g/mol. The van der Waals surface area contributed by atoms with Gasteiger partial charge in [0, 0.05) is 60.3 Å². The van der Waals surface area contributed by atoms with E-state index in [0.717, 1.165) is 36.4 Å². The fourth-order valence-electron chi connectivity index (χ4n) is 4.68. The zero-order valence-electron chi connectivity index (χ0n) is 23.6. The molecule has 1 aromatic carbocycles. The van der Waals surface area contributed by atoms with Crippen LogP contribution in [0.25, 0.3) is 11.0 Å². The Hall–Kier alpha value is -2.62. The Morgan fingerprint density at radius 3 is 2.32 bits per heavy atom. The van der Waals surface area contributed by atoms with E-state index in [1.54, 1.807) is 10.6 Å². The number of rotatable bonds is 13. The molecule has 0 aliphatic heterocycles. The first-order chi connectivity index (χ1) is 17.7. The maximum absolute atomic E-state index is 13.0. The SMILES string of the molecule is CCN(CCN(C)C)c1ccc(Nc2nc(C)c3ccc(=O)n(CC(NC)C(SC)C(C)C)c3n2)cc1. The number of nitrogens with one attached hydrogen (secondary N) is 2. The van der Waals surface area contributed by atoms with Crippen LogP contribution in [0.5, 0.6) is 0 Å². The molecule has 37 heavy (non-hydrogen) atoms. The van der Waals surface area contributed by atoms with Gasteiger partial charge in [-0.15, -0.1) is 0 Å². The predicted molar refractivity (Wildman–Crippen MR) is 160 cm³/mol. The lowest BCUT2D eigenvalue weighted by molar-refractivity contribution is 0.411. The molecule has 0 aliphatic rings. The lowest BCUT2D eigenvalue weighted by atomic mass is 10.0. The van der Waals surface area contributed by atoms with Gasteiger partial charge < -0.3 is 20.4 Å². The summed E-state index contributed by atoms with van der Waals surface area (Å²) in [6.45, 7) is 12.1. The number of pyridine rings is 1. The van der Waals surface area contributed by atoms with E-state index in [1.807, 2.05) is 31.8 Å². The molecular formula is C28H43N7OS. The van der Waals surface area contributed by atoms with Crippen molar-refractivity contribution in [3.63, 3.8) is 0 Å². The number of aromatic nitrogens is 3. The summed E-state index contributed by atoms with van der Waals surface area (Å²) >= 11 is 1.83. The topological polar surface area (TPSA) is 78.3 Å². The van der Waals surface area contributed by atoms with Crippen LogP contribution in [0.4, 0.5) is 17.3 Å². The monoisotopic (exact) mass is 525 g/mol. The highest BCUT2D eigenvalue weighted by Gasteiger charge is 2.24. The highest BCUT2D eigenvalue weighted by atomic mass is 32.2. The van der Waals surface area contributed by atoms with Gasteiger partial charge in [0.15, 0.2) is 0 Å². The molecule has 0 amide bonds. The minimum atomic E-state index is -0.0536. The number of thioether (sulfide) groups is 1. The van der Waals surface area contributed by atoms with Gasteiger partial charge in [-0.1, -0.05) is 13.8 Å². The summed E-state index contributed by atoms with van der Waals surface area (Å²) in [5.74, 6) is 0.963. The lowest BCUT2D eigenvalue weighted by Gasteiger charge is -2.29. The first-order valence-corrected chi connectivity index (χ1v) is 14.3. The lowest BCUT2D eigenvalue weighted by Crippen LogP contribution is -2.44. The molecule has 0 bridgehead atoms. The van der Waals surface area contributed by atoms with Crippen molar-refractivity contribution in [2.24, 2.45) is 5.92 Å². The van der Waals surface area contributed by atoms with Crippen molar-refractivity contribution >= 4 is 40.1 Å². The molecule has 2 unspecified atom stereocenters. The van der Waals surface area contributed by atoms with Gasteiger partial charge in [-0.05, 0) is 77.5 Å². The van der Waals surface area contributed by atoms with Crippen LogP contribution in [0.1, 0.15) is 26.5 Å². The summed E-state index contributed by atoms with van der Waals surface area (Å²) in [4.78, 5) is 27.1. The maximum Gasteiger partial charge on any atom is 0.252 e. The third-order valence-corrected chi connectivity index (χ3v) is 8.21. The van der Waals surface area contributed by atoms with Gasteiger partial charge in [-0.2, -0.15) is 16.7 Å². The Kier molecular flexibility index (Phi) is 10.4. The largest absolute Gasteiger partial charge is 0.371 e. The van der Waals surface area contributed by atoms with Crippen LogP contribution in [0.3, 0.4) is 0 Å². The van der Waals surface area contributed by atoms with Crippen LogP contribution in [-0.2, 0) is 6.54 Å². The van der Waals surface area contributed by atoms with Crippen LogP contribution in [0.2, 0.25) is 0 Å². The zero-order chi connectivity index (χ0) is 27.1. The molecule has 2 N–H and O–H groups in total. The van der Waals surface area contributed by atoms with Crippen LogP contribution in [0.15, 0.2) is 41.2 Å². The first kappa shape index (κ1) is 28.9. The number of likely N-dealkylation sites (N-methyl/N-ethyl adjacent to an activating group) is 3. The van der Waals surface area contributed by atoms with Gasteiger partial charge >= 0.3 is 0 Å². The summed E-state index contributed by atoms with van der Waals surface area (Å²) in [6.07, 6.45) is 2.13. The number of benzene rings is 1. The molecular weight excluding hydrogens is 482 g/mol. The van der Waals surface area contributed by atoms with E-state index in [2.05, 4.69) is 85.8 Å². The maximum atomic E-state index is 13.0. The minimum Gasteiger partial charge on any atom is -0.371 e. The second-order valence-corrected chi connectivity index (χ2v) is 11.1. The smallest absolute Gasteiger partial charge is 0.252 e. The third-order valence-electron chi connectivity index (χ3n) is 6.79. The number of anilines is 3. The normalized spacial score (nSPS) is 13.4. The second-order valence-electron chi connectivity index (χ2n) is 10.0. The molecule has 202 valence electrons. The van der Waals surface area contributed by atoms with E-state index in [9.17, 15) is 4.79 Å². The number of hydrogen-bond acceptors (Lipinski definition) is 8. The Balaban J connectivity index is 1.91. The average Bonchev–Trinajstić information content (AvgIpc) is 2.86. The molecule has 0 saturated heterocycles. The van der Waals surface area contributed by atoms with Crippen molar-refractivity contribution in [1.82, 2.24) is 24.8 Å². The highest BCUT2D eigenvalue weighted by Crippen LogP contribution is 2.24. The molecule has 2 heterocycles. The number of nitrogens with zero attached hydrogens (tertiary/aromatic N) is 5. The van der Waals surface area contributed by atoms with E-state index in [4.69, 9.17) is 9.97 Å². The molecule has 3 rings (SSSR count). The Bertz CT molecular complexity index is 1210. The van der Waals surface area contributed by atoms with E-state index >= 15 is 0 Å². The van der Waals surface area contributed by atoms with E-state index in [1.165, 1.54) is 5.69 Å². The van der Waals surface area contributed by atoms with Gasteiger partial charge in [0.25, 0.3) is 5.56 Å². The molecule has 3 aromatic rings. The molecule has 0 aliphatic carbocycles. The van der Waals surface area contributed by atoms with Gasteiger partial charge in [0.1, 0.15) is 5.65 Å². The summed E-state index contributed by atoms with van der Waals surface area (Å²) in [5.41, 5.74) is 3.54. The number of hydrogen-bond donors (Lipinski definition) is 2. The number of fused-ring (bicyclic) bond motifs is 1. The van der Waals surface area contributed by atoms with Gasteiger partial charge in [0.2, 0.25) is 5.95 Å². The summed E-state index contributed by atoms with van der Waals surface area (Å²) in [6, 6.07) is 11.9. The van der Waals surface area contributed by atoms with Crippen molar-refractivity contribution in [3.05, 3.63) is 52.4 Å². The molecule has 8 nitrogen and oxygen atoms in total. The van der Waals surface area contributed by atoms with Crippen LogP contribution >= 0.6 is 11.8 Å². The Labute approximate surface area is 225 Å². The molecule has 0 saturated carbocycles. The van der Waals surface area contributed by atoms with E-state index in [-0.39, 0.29) is 11.6 Å². The zero-order valence-corrected chi connectivity index (χ0v) is 24.4.